The molecule has 0 aromatic carbocycles. The van der Waals surface area contributed by atoms with E-state index in [4.69, 9.17) is 4.74 Å². The summed E-state index contributed by atoms with van der Waals surface area (Å²) in [6.45, 7) is 4.84. The molecule has 2 amide bonds. The molecule has 1 rings (SSSR count). The fourth-order valence-electron chi connectivity index (χ4n) is 1.57. The molecular weight excluding hydrogens is 208 g/mol. The molecule has 1 unspecified atom stereocenters. The van der Waals surface area contributed by atoms with E-state index in [-0.39, 0.29) is 17.9 Å². The van der Waals surface area contributed by atoms with E-state index in [1.54, 1.807) is 12.0 Å². The Hall–Kier alpha value is -1.58. The first-order chi connectivity index (χ1) is 7.67. The average molecular weight is 224 g/mol. The van der Waals surface area contributed by atoms with Crippen molar-refractivity contribution in [2.75, 3.05) is 26.7 Å². The standard InChI is InChI=1S/C11H16N2O3/c1-3-4-10(14)12-5-6-13-8-9(16-2)7-11(13)15/h4,9H,1,5-8H2,2H3,(H,12,14). The minimum absolute atomic E-state index is 0.0173. The fourth-order valence-corrected chi connectivity index (χ4v) is 1.57. The maximum absolute atomic E-state index is 11.4. The van der Waals surface area contributed by atoms with Crippen LogP contribution in [0.25, 0.3) is 0 Å². The fraction of sp³-hybridized carbons (Fsp3) is 0.545. The van der Waals surface area contributed by atoms with Crippen molar-refractivity contribution < 1.29 is 14.3 Å². The van der Waals surface area contributed by atoms with Gasteiger partial charge in [-0.2, -0.15) is 0 Å². The predicted octanol–water partition coefficient (Wildman–Crippen LogP) is -0.309. The molecule has 1 aliphatic heterocycles. The molecule has 1 saturated heterocycles. The van der Waals surface area contributed by atoms with Gasteiger partial charge < -0.3 is 15.0 Å². The molecule has 0 bridgehead atoms. The van der Waals surface area contributed by atoms with Crippen LogP contribution in [-0.4, -0.2) is 49.6 Å². The molecule has 0 spiro atoms. The maximum atomic E-state index is 11.4. The van der Waals surface area contributed by atoms with Gasteiger partial charge in [-0.25, -0.2) is 0 Å². The minimum atomic E-state index is -0.245. The number of carbonyl (C=O) groups excluding carboxylic acids is 2. The smallest absolute Gasteiger partial charge is 0.251 e. The van der Waals surface area contributed by atoms with Gasteiger partial charge in [0.25, 0.3) is 5.91 Å². The first kappa shape index (κ1) is 12.5. The molecule has 1 heterocycles. The van der Waals surface area contributed by atoms with Crippen LogP contribution in [0, 0.1) is 0 Å². The summed E-state index contributed by atoms with van der Waals surface area (Å²) in [5, 5.41) is 2.63. The Morgan fingerprint density at radius 2 is 2.56 bits per heavy atom. The van der Waals surface area contributed by atoms with Gasteiger partial charge in [0.2, 0.25) is 5.91 Å². The quantitative estimate of drug-likeness (QED) is 0.515. The Bertz CT molecular complexity index is 321. The molecule has 1 fully saturated rings. The number of nitrogens with one attached hydrogen (secondary N) is 1. The van der Waals surface area contributed by atoms with E-state index in [2.05, 4.69) is 17.6 Å². The lowest BCUT2D eigenvalue weighted by molar-refractivity contribution is -0.128. The second kappa shape index (κ2) is 6.10. The van der Waals surface area contributed by atoms with E-state index in [1.807, 2.05) is 0 Å². The number of nitrogens with zero attached hydrogens (tertiary/aromatic N) is 1. The molecule has 1 aliphatic rings. The average Bonchev–Trinajstić information content (AvgIpc) is 2.60. The largest absolute Gasteiger partial charge is 0.379 e. The van der Waals surface area contributed by atoms with Crippen LogP contribution < -0.4 is 5.32 Å². The summed E-state index contributed by atoms with van der Waals surface area (Å²) in [7, 11) is 1.60. The van der Waals surface area contributed by atoms with Crippen LogP contribution in [0.4, 0.5) is 0 Å². The van der Waals surface area contributed by atoms with Gasteiger partial charge >= 0.3 is 0 Å². The summed E-state index contributed by atoms with van der Waals surface area (Å²) in [5.41, 5.74) is 2.38. The topological polar surface area (TPSA) is 58.6 Å². The summed E-state index contributed by atoms with van der Waals surface area (Å²) in [5.74, 6) is -0.176. The minimum Gasteiger partial charge on any atom is -0.379 e. The number of hydrogen-bond acceptors (Lipinski definition) is 3. The molecule has 5 heteroatoms. The Kier molecular flexibility index (Phi) is 4.76. The zero-order valence-corrected chi connectivity index (χ0v) is 9.36. The summed E-state index contributed by atoms with van der Waals surface area (Å²) in [4.78, 5) is 24.2. The SMILES string of the molecule is C=C=CC(=O)NCCN1CC(OC)CC1=O. The van der Waals surface area contributed by atoms with Gasteiger partial charge in [-0.3, -0.25) is 9.59 Å². The summed E-state index contributed by atoms with van der Waals surface area (Å²) < 4.78 is 5.10. The van der Waals surface area contributed by atoms with Crippen molar-refractivity contribution in [3.05, 3.63) is 18.4 Å². The van der Waals surface area contributed by atoms with Crippen molar-refractivity contribution in [3.8, 4) is 0 Å². The molecule has 0 radical (unpaired) electrons. The van der Waals surface area contributed by atoms with Crippen molar-refractivity contribution >= 4 is 11.8 Å². The Balaban J connectivity index is 2.26. The third kappa shape index (κ3) is 3.53. The number of likely N-dealkylation sites (tertiary alicyclic amines) is 1. The molecule has 0 aliphatic carbocycles. The third-order valence-electron chi connectivity index (χ3n) is 2.43. The highest BCUT2D eigenvalue weighted by Gasteiger charge is 2.28. The normalized spacial score (nSPS) is 19.4. The van der Waals surface area contributed by atoms with E-state index in [0.717, 1.165) is 0 Å². The summed E-state index contributed by atoms with van der Waals surface area (Å²) in [6.07, 6.45) is 1.64. The lowest BCUT2D eigenvalue weighted by Crippen LogP contribution is -2.35. The zero-order valence-electron chi connectivity index (χ0n) is 9.36. The van der Waals surface area contributed by atoms with Crippen molar-refractivity contribution in [1.82, 2.24) is 10.2 Å². The third-order valence-corrected chi connectivity index (χ3v) is 2.43. The summed E-state index contributed by atoms with van der Waals surface area (Å²) in [6, 6.07) is 0. The number of methoxy groups -OCH3 is 1. The molecule has 16 heavy (non-hydrogen) atoms. The van der Waals surface area contributed by atoms with E-state index in [0.29, 0.717) is 26.1 Å². The van der Waals surface area contributed by atoms with Crippen LogP contribution in [0.3, 0.4) is 0 Å². The lowest BCUT2D eigenvalue weighted by Gasteiger charge is -2.15. The van der Waals surface area contributed by atoms with Gasteiger partial charge in [-0.05, 0) is 0 Å². The molecule has 1 N–H and O–H groups in total. The van der Waals surface area contributed by atoms with Crippen molar-refractivity contribution in [3.63, 3.8) is 0 Å². The zero-order chi connectivity index (χ0) is 12.0. The number of hydrogen-bond donors (Lipinski definition) is 1. The Morgan fingerprint density at radius 1 is 1.81 bits per heavy atom. The van der Waals surface area contributed by atoms with E-state index in [1.165, 1.54) is 6.08 Å². The first-order valence-corrected chi connectivity index (χ1v) is 5.11. The second-order valence-electron chi connectivity index (χ2n) is 3.54. The van der Waals surface area contributed by atoms with Crippen molar-refractivity contribution in [2.45, 2.75) is 12.5 Å². The van der Waals surface area contributed by atoms with Crippen LogP contribution in [-0.2, 0) is 14.3 Å². The molecule has 0 aromatic heterocycles. The highest BCUT2D eigenvalue weighted by Crippen LogP contribution is 2.12. The number of carbonyl (C=O) groups is 2. The van der Waals surface area contributed by atoms with Crippen molar-refractivity contribution in [2.24, 2.45) is 0 Å². The van der Waals surface area contributed by atoms with Gasteiger partial charge in [0.15, 0.2) is 0 Å². The molecule has 5 nitrogen and oxygen atoms in total. The molecule has 0 aromatic rings. The number of amides is 2. The second-order valence-corrected chi connectivity index (χ2v) is 3.54. The Morgan fingerprint density at radius 3 is 3.12 bits per heavy atom. The van der Waals surface area contributed by atoms with Crippen molar-refractivity contribution in [1.29, 1.82) is 0 Å². The lowest BCUT2D eigenvalue weighted by atomic mass is 10.3. The van der Waals surface area contributed by atoms with Crippen LogP contribution in [0.15, 0.2) is 18.4 Å². The molecule has 1 atom stereocenters. The number of ether oxygens (including phenoxy) is 1. The first-order valence-electron chi connectivity index (χ1n) is 5.11. The maximum Gasteiger partial charge on any atom is 0.251 e. The number of rotatable bonds is 5. The van der Waals surface area contributed by atoms with Gasteiger partial charge in [-0.15, -0.1) is 5.73 Å². The van der Waals surface area contributed by atoms with Crippen LogP contribution >= 0.6 is 0 Å². The van der Waals surface area contributed by atoms with E-state index in [9.17, 15) is 9.59 Å². The van der Waals surface area contributed by atoms with E-state index < -0.39 is 0 Å². The monoisotopic (exact) mass is 224 g/mol. The predicted molar refractivity (Wildman–Crippen MR) is 58.7 cm³/mol. The highest BCUT2D eigenvalue weighted by atomic mass is 16.5. The summed E-state index contributed by atoms with van der Waals surface area (Å²) >= 11 is 0. The van der Waals surface area contributed by atoms with Crippen LogP contribution in [0.5, 0.6) is 0 Å². The van der Waals surface area contributed by atoms with Gasteiger partial charge in [0.1, 0.15) is 0 Å². The molecule has 88 valence electrons. The molecule has 0 saturated carbocycles. The van der Waals surface area contributed by atoms with E-state index >= 15 is 0 Å². The highest BCUT2D eigenvalue weighted by molar-refractivity contribution is 5.87. The molecular formula is C11H16N2O3. The van der Waals surface area contributed by atoms with Gasteiger partial charge in [-0.1, -0.05) is 6.58 Å². The van der Waals surface area contributed by atoms with Gasteiger partial charge in [0.05, 0.1) is 12.5 Å². The van der Waals surface area contributed by atoms with Crippen LogP contribution in [0.1, 0.15) is 6.42 Å². The van der Waals surface area contributed by atoms with Crippen LogP contribution in [0.2, 0.25) is 0 Å². The Labute approximate surface area is 94.7 Å². The van der Waals surface area contributed by atoms with Gasteiger partial charge in [0, 0.05) is 32.8 Å².